The molecule has 1 aromatic rings. The van der Waals surface area contributed by atoms with Gasteiger partial charge in [-0.1, -0.05) is 18.6 Å². The molecule has 0 aliphatic heterocycles. The summed E-state index contributed by atoms with van der Waals surface area (Å²) in [5, 5.41) is 0. The maximum Gasteiger partial charge on any atom is 0.222 e. The van der Waals surface area contributed by atoms with Gasteiger partial charge in [0, 0.05) is 26.1 Å². The molecule has 1 aliphatic carbocycles. The Bertz CT molecular complexity index is 452. The summed E-state index contributed by atoms with van der Waals surface area (Å²) in [5.74, 6) is 0.277. The predicted molar refractivity (Wildman–Crippen MR) is 84.9 cm³/mol. The Morgan fingerprint density at radius 3 is 2.57 bits per heavy atom. The van der Waals surface area contributed by atoms with Crippen LogP contribution in [0.2, 0.25) is 0 Å². The van der Waals surface area contributed by atoms with Crippen molar-refractivity contribution in [3.63, 3.8) is 0 Å². The number of rotatable bonds is 5. The van der Waals surface area contributed by atoms with E-state index in [4.69, 9.17) is 5.73 Å². The molecule has 0 saturated heterocycles. The summed E-state index contributed by atoms with van der Waals surface area (Å²) < 4.78 is 12.8. The Morgan fingerprint density at radius 1 is 1.33 bits per heavy atom. The summed E-state index contributed by atoms with van der Waals surface area (Å²) >= 11 is 0. The molecule has 2 atom stereocenters. The third-order valence-corrected chi connectivity index (χ3v) is 4.23. The molecule has 118 valence electrons. The van der Waals surface area contributed by atoms with Crippen LogP contribution in [0.15, 0.2) is 24.3 Å². The van der Waals surface area contributed by atoms with Crippen molar-refractivity contribution in [2.24, 2.45) is 11.7 Å². The third-order valence-electron chi connectivity index (χ3n) is 4.23. The molecular weight excluding hydrogens is 291 g/mol. The number of likely N-dealkylation sites (N-methyl/N-ethyl adjacent to an activating group) is 1. The quantitative estimate of drug-likeness (QED) is 0.908. The van der Waals surface area contributed by atoms with Gasteiger partial charge in [-0.3, -0.25) is 4.79 Å². The summed E-state index contributed by atoms with van der Waals surface area (Å²) in [5.41, 5.74) is 7.05. The maximum absolute atomic E-state index is 12.8. The molecule has 2 rings (SSSR count). The highest BCUT2D eigenvalue weighted by Gasteiger charge is 2.26. The Labute approximate surface area is 132 Å². The highest BCUT2D eigenvalue weighted by atomic mass is 35.5. The maximum atomic E-state index is 12.8. The van der Waals surface area contributed by atoms with Crippen LogP contribution in [0.3, 0.4) is 0 Å². The van der Waals surface area contributed by atoms with Crippen LogP contribution < -0.4 is 5.73 Å². The van der Waals surface area contributed by atoms with Crippen molar-refractivity contribution in [1.82, 2.24) is 4.90 Å². The van der Waals surface area contributed by atoms with Crippen LogP contribution in [-0.4, -0.2) is 30.4 Å². The standard InChI is InChI=1S/C16H23FN2O.ClH/c1-19(10-9-12-5-7-14(17)8-6-12)16(20)11-13-3-2-4-15(13)18;/h5-8,13,15H,2-4,9-11,18H2,1H3;1H/t13-,15+;/m0./s1. The Balaban J connectivity index is 0.00000220. The lowest BCUT2D eigenvalue weighted by Gasteiger charge is -2.21. The van der Waals surface area contributed by atoms with Gasteiger partial charge in [-0.15, -0.1) is 12.4 Å². The smallest absolute Gasteiger partial charge is 0.222 e. The minimum atomic E-state index is -0.228. The lowest BCUT2D eigenvalue weighted by molar-refractivity contribution is -0.130. The zero-order chi connectivity index (χ0) is 14.5. The second-order valence-electron chi connectivity index (χ2n) is 5.75. The molecule has 3 nitrogen and oxygen atoms in total. The van der Waals surface area contributed by atoms with Gasteiger partial charge >= 0.3 is 0 Å². The lowest BCUT2D eigenvalue weighted by atomic mass is 9.99. The molecule has 0 heterocycles. The van der Waals surface area contributed by atoms with E-state index >= 15 is 0 Å². The first kappa shape index (κ1) is 17.9. The Hall–Kier alpha value is -1.13. The number of hydrogen-bond acceptors (Lipinski definition) is 2. The number of nitrogens with two attached hydrogens (primary N) is 1. The third kappa shape index (κ3) is 5.29. The van der Waals surface area contributed by atoms with E-state index in [0.717, 1.165) is 31.2 Å². The molecule has 21 heavy (non-hydrogen) atoms. The molecule has 5 heteroatoms. The Morgan fingerprint density at radius 2 is 2.00 bits per heavy atom. The van der Waals surface area contributed by atoms with Gasteiger partial charge in [-0.05, 0) is 42.9 Å². The van der Waals surface area contributed by atoms with Crippen molar-refractivity contribution >= 4 is 18.3 Å². The number of carbonyl (C=O) groups excluding carboxylic acids is 1. The number of carbonyl (C=O) groups is 1. The number of benzene rings is 1. The first-order chi connectivity index (χ1) is 9.56. The van der Waals surface area contributed by atoms with E-state index in [-0.39, 0.29) is 30.2 Å². The number of nitrogens with zero attached hydrogens (tertiary/aromatic N) is 1. The highest BCUT2D eigenvalue weighted by molar-refractivity contribution is 5.85. The number of amides is 1. The second kappa shape index (κ2) is 8.35. The van der Waals surface area contributed by atoms with E-state index in [2.05, 4.69) is 0 Å². The molecular formula is C16H24ClFN2O. The molecule has 0 unspecified atom stereocenters. The fourth-order valence-corrected chi connectivity index (χ4v) is 2.77. The molecule has 2 N–H and O–H groups in total. The summed E-state index contributed by atoms with van der Waals surface area (Å²) in [6, 6.07) is 6.62. The zero-order valence-electron chi connectivity index (χ0n) is 12.4. The summed E-state index contributed by atoms with van der Waals surface area (Å²) in [4.78, 5) is 13.9. The first-order valence-corrected chi connectivity index (χ1v) is 7.30. The number of halogens is 2. The fourth-order valence-electron chi connectivity index (χ4n) is 2.77. The molecule has 1 saturated carbocycles. The van der Waals surface area contributed by atoms with Crippen molar-refractivity contribution in [3.05, 3.63) is 35.6 Å². The van der Waals surface area contributed by atoms with Gasteiger partial charge in [0.15, 0.2) is 0 Å². The van der Waals surface area contributed by atoms with Gasteiger partial charge in [-0.25, -0.2) is 4.39 Å². The van der Waals surface area contributed by atoms with Crippen LogP contribution in [0.1, 0.15) is 31.2 Å². The fraction of sp³-hybridized carbons (Fsp3) is 0.562. The van der Waals surface area contributed by atoms with E-state index in [0.29, 0.717) is 18.9 Å². The largest absolute Gasteiger partial charge is 0.345 e. The van der Waals surface area contributed by atoms with E-state index in [1.165, 1.54) is 12.1 Å². The van der Waals surface area contributed by atoms with Gasteiger partial charge in [0.25, 0.3) is 0 Å². The van der Waals surface area contributed by atoms with Crippen LogP contribution in [0, 0.1) is 11.7 Å². The average Bonchev–Trinajstić information content (AvgIpc) is 2.83. The van der Waals surface area contributed by atoms with Gasteiger partial charge < -0.3 is 10.6 Å². The highest BCUT2D eigenvalue weighted by Crippen LogP contribution is 2.27. The van der Waals surface area contributed by atoms with Crippen molar-refractivity contribution in [1.29, 1.82) is 0 Å². The van der Waals surface area contributed by atoms with Crippen LogP contribution in [0.4, 0.5) is 4.39 Å². The van der Waals surface area contributed by atoms with E-state index < -0.39 is 0 Å². The summed E-state index contributed by atoms with van der Waals surface area (Å²) in [6.45, 7) is 0.659. The predicted octanol–water partition coefficient (Wildman–Crippen LogP) is 2.77. The molecule has 1 aliphatic rings. The van der Waals surface area contributed by atoms with Crippen LogP contribution in [-0.2, 0) is 11.2 Å². The average molecular weight is 315 g/mol. The lowest BCUT2D eigenvalue weighted by Crippen LogP contribution is -2.34. The van der Waals surface area contributed by atoms with Gasteiger partial charge in [0.1, 0.15) is 5.82 Å². The molecule has 0 aromatic heterocycles. The van der Waals surface area contributed by atoms with Crippen molar-refractivity contribution < 1.29 is 9.18 Å². The summed E-state index contributed by atoms with van der Waals surface area (Å²) in [6.07, 6.45) is 4.55. The second-order valence-corrected chi connectivity index (χ2v) is 5.75. The van der Waals surface area contributed by atoms with Crippen molar-refractivity contribution in [2.45, 2.75) is 38.1 Å². The Kier molecular flexibility index (Phi) is 7.12. The molecule has 1 aromatic carbocycles. The normalized spacial score (nSPS) is 20.9. The van der Waals surface area contributed by atoms with Crippen molar-refractivity contribution in [2.75, 3.05) is 13.6 Å². The van der Waals surface area contributed by atoms with Crippen LogP contribution in [0.5, 0.6) is 0 Å². The monoisotopic (exact) mass is 314 g/mol. The van der Waals surface area contributed by atoms with Crippen LogP contribution in [0.25, 0.3) is 0 Å². The SMILES string of the molecule is CN(CCc1ccc(F)cc1)C(=O)C[C@@H]1CCC[C@H]1N.Cl. The van der Waals surface area contributed by atoms with Crippen LogP contribution >= 0.6 is 12.4 Å². The van der Waals surface area contributed by atoms with Crippen molar-refractivity contribution in [3.8, 4) is 0 Å². The van der Waals surface area contributed by atoms with E-state index in [1.807, 2.05) is 7.05 Å². The summed E-state index contributed by atoms with van der Waals surface area (Å²) in [7, 11) is 1.83. The number of hydrogen-bond donors (Lipinski definition) is 1. The molecule has 1 amide bonds. The topological polar surface area (TPSA) is 46.3 Å². The minimum absolute atomic E-state index is 0. The molecule has 0 radical (unpaired) electrons. The first-order valence-electron chi connectivity index (χ1n) is 7.30. The van der Waals surface area contributed by atoms with E-state index in [1.54, 1.807) is 17.0 Å². The van der Waals surface area contributed by atoms with Gasteiger partial charge in [0.2, 0.25) is 5.91 Å². The van der Waals surface area contributed by atoms with E-state index in [9.17, 15) is 9.18 Å². The molecule has 0 bridgehead atoms. The molecule has 1 fully saturated rings. The molecule has 0 spiro atoms. The minimum Gasteiger partial charge on any atom is -0.345 e. The van der Waals surface area contributed by atoms with Gasteiger partial charge in [0.05, 0.1) is 0 Å². The van der Waals surface area contributed by atoms with Gasteiger partial charge in [-0.2, -0.15) is 0 Å². The zero-order valence-corrected chi connectivity index (χ0v) is 13.2.